The van der Waals surface area contributed by atoms with Crippen LogP contribution in [0.25, 0.3) is 0 Å². The molecular formula is C14H10Cl2N4O6. The molecule has 136 valence electrons. The Kier molecular flexibility index (Phi) is 5.28. The highest BCUT2D eigenvalue weighted by Crippen LogP contribution is 2.43. The fourth-order valence-corrected chi connectivity index (χ4v) is 2.83. The molecule has 2 aromatic carbocycles. The number of benzene rings is 2. The molecule has 0 heterocycles. The third kappa shape index (κ3) is 3.51. The van der Waals surface area contributed by atoms with Crippen LogP contribution in [0.4, 0.5) is 28.4 Å². The number of nitro groups is 3. The maximum atomic E-state index is 11.4. The van der Waals surface area contributed by atoms with Crippen molar-refractivity contribution in [1.29, 1.82) is 0 Å². The van der Waals surface area contributed by atoms with E-state index in [0.29, 0.717) is 0 Å². The molecule has 0 radical (unpaired) electrons. The monoisotopic (exact) mass is 400 g/mol. The fraction of sp³-hybridized carbons (Fsp3) is 0.143. The van der Waals surface area contributed by atoms with E-state index in [4.69, 9.17) is 23.2 Å². The molecule has 10 nitrogen and oxygen atoms in total. The van der Waals surface area contributed by atoms with Crippen molar-refractivity contribution >= 4 is 51.6 Å². The van der Waals surface area contributed by atoms with E-state index in [2.05, 4.69) is 5.32 Å². The molecule has 0 fully saturated rings. The summed E-state index contributed by atoms with van der Waals surface area (Å²) in [6.45, 7) is 2.64. The third-order valence-electron chi connectivity index (χ3n) is 3.66. The molecule has 12 heteroatoms. The average molecular weight is 401 g/mol. The van der Waals surface area contributed by atoms with Gasteiger partial charge < -0.3 is 5.32 Å². The van der Waals surface area contributed by atoms with Crippen molar-refractivity contribution in [1.82, 2.24) is 0 Å². The van der Waals surface area contributed by atoms with E-state index in [0.717, 1.165) is 12.1 Å². The lowest BCUT2D eigenvalue weighted by atomic mass is 10.1. The summed E-state index contributed by atoms with van der Waals surface area (Å²) in [6, 6.07) is 3.44. The smallest absolute Gasteiger partial charge is 0.303 e. The first-order valence-electron chi connectivity index (χ1n) is 6.88. The minimum absolute atomic E-state index is 0.0298. The van der Waals surface area contributed by atoms with Crippen molar-refractivity contribution in [3.63, 3.8) is 0 Å². The number of nitrogens with one attached hydrogen (secondary N) is 1. The Morgan fingerprint density at radius 1 is 0.846 bits per heavy atom. The van der Waals surface area contributed by atoms with Crippen LogP contribution in [0.2, 0.25) is 10.0 Å². The van der Waals surface area contributed by atoms with E-state index in [1.807, 2.05) is 0 Å². The summed E-state index contributed by atoms with van der Waals surface area (Å²) in [5.41, 5.74) is -1.56. The van der Waals surface area contributed by atoms with Crippen LogP contribution >= 0.6 is 23.2 Å². The van der Waals surface area contributed by atoms with Crippen molar-refractivity contribution in [2.45, 2.75) is 13.8 Å². The second kappa shape index (κ2) is 7.10. The zero-order valence-electron chi connectivity index (χ0n) is 13.3. The molecule has 1 N–H and O–H groups in total. The Morgan fingerprint density at radius 2 is 1.38 bits per heavy atom. The summed E-state index contributed by atoms with van der Waals surface area (Å²) >= 11 is 11.9. The molecule has 26 heavy (non-hydrogen) atoms. The summed E-state index contributed by atoms with van der Waals surface area (Å²) in [7, 11) is 0. The van der Waals surface area contributed by atoms with Gasteiger partial charge in [0.25, 0.3) is 11.4 Å². The molecule has 0 amide bonds. The first-order chi connectivity index (χ1) is 12.0. The van der Waals surface area contributed by atoms with E-state index in [1.165, 1.54) is 19.9 Å². The fourth-order valence-electron chi connectivity index (χ4n) is 2.38. The van der Waals surface area contributed by atoms with Crippen molar-refractivity contribution in [3.05, 3.63) is 69.7 Å². The molecule has 0 unspecified atom stereocenters. The lowest BCUT2D eigenvalue weighted by Crippen LogP contribution is -2.05. The maximum absolute atomic E-state index is 11.4. The zero-order valence-corrected chi connectivity index (χ0v) is 14.8. The van der Waals surface area contributed by atoms with Crippen molar-refractivity contribution in [2.75, 3.05) is 5.32 Å². The molecule has 0 atom stereocenters. The SMILES string of the molecule is Cc1c(Nc2c(Cl)cc([N+](=O)[O-])c(C)c2[N+](=O)[O-])cc(Cl)cc1[N+](=O)[O-]. The number of anilines is 2. The van der Waals surface area contributed by atoms with Gasteiger partial charge in [-0.05, 0) is 19.9 Å². The van der Waals surface area contributed by atoms with Gasteiger partial charge in [0.1, 0.15) is 11.3 Å². The molecular weight excluding hydrogens is 391 g/mol. The summed E-state index contributed by atoms with van der Waals surface area (Å²) in [5, 5.41) is 36.0. The zero-order chi connectivity index (χ0) is 19.8. The maximum Gasteiger partial charge on any atom is 0.303 e. The van der Waals surface area contributed by atoms with Gasteiger partial charge in [0.2, 0.25) is 0 Å². The largest absolute Gasteiger partial charge is 0.348 e. The van der Waals surface area contributed by atoms with E-state index >= 15 is 0 Å². The van der Waals surface area contributed by atoms with Gasteiger partial charge in [-0.1, -0.05) is 23.2 Å². The van der Waals surface area contributed by atoms with Crippen LogP contribution in [0.15, 0.2) is 18.2 Å². The minimum atomic E-state index is -0.815. The molecule has 2 rings (SSSR count). The van der Waals surface area contributed by atoms with Gasteiger partial charge in [0.05, 0.1) is 25.4 Å². The standard InChI is InChI=1S/C14H10Cl2N4O6/c1-6-10(3-8(15)4-11(6)18(21)22)17-13-9(16)5-12(19(23)24)7(2)14(13)20(25)26/h3-5,17H,1-2H3. The van der Waals surface area contributed by atoms with Crippen LogP contribution < -0.4 is 5.32 Å². The van der Waals surface area contributed by atoms with Crippen LogP contribution in [0.5, 0.6) is 0 Å². The third-order valence-corrected chi connectivity index (χ3v) is 4.18. The minimum Gasteiger partial charge on any atom is -0.348 e. The van der Waals surface area contributed by atoms with Gasteiger partial charge >= 0.3 is 5.69 Å². The van der Waals surface area contributed by atoms with Gasteiger partial charge in [-0.25, -0.2) is 0 Å². The molecule has 0 saturated carbocycles. The highest BCUT2D eigenvalue weighted by molar-refractivity contribution is 6.34. The van der Waals surface area contributed by atoms with Crippen LogP contribution in [0.1, 0.15) is 11.1 Å². The highest BCUT2D eigenvalue weighted by Gasteiger charge is 2.30. The molecule has 0 spiro atoms. The normalized spacial score (nSPS) is 10.5. The number of nitrogens with zero attached hydrogens (tertiary/aromatic N) is 3. The van der Waals surface area contributed by atoms with Crippen molar-refractivity contribution < 1.29 is 14.8 Å². The van der Waals surface area contributed by atoms with Crippen molar-refractivity contribution in [2.24, 2.45) is 0 Å². The van der Waals surface area contributed by atoms with Crippen LogP contribution in [0.3, 0.4) is 0 Å². The molecule has 0 bridgehead atoms. The lowest BCUT2D eigenvalue weighted by Gasteiger charge is -2.13. The Labute approximate surface area is 155 Å². The molecule has 2 aromatic rings. The lowest BCUT2D eigenvalue weighted by molar-refractivity contribution is -0.394. The van der Waals surface area contributed by atoms with E-state index in [9.17, 15) is 30.3 Å². The quantitative estimate of drug-likeness (QED) is 0.544. The topological polar surface area (TPSA) is 141 Å². The summed E-state index contributed by atoms with van der Waals surface area (Å²) in [4.78, 5) is 31.3. The Bertz CT molecular complexity index is 963. The Morgan fingerprint density at radius 3 is 1.88 bits per heavy atom. The second-order valence-corrected chi connectivity index (χ2v) is 6.06. The molecule has 0 saturated heterocycles. The molecule has 0 aliphatic heterocycles. The van der Waals surface area contributed by atoms with Gasteiger partial charge in [0, 0.05) is 22.8 Å². The molecule has 0 aliphatic rings. The first-order valence-corrected chi connectivity index (χ1v) is 7.63. The van der Waals surface area contributed by atoms with Gasteiger partial charge in [-0.2, -0.15) is 0 Å². The van der Waals surface area contributed by atoms with Crippen molar-refractivity contribution in [3.8, 4) is 0 Å². The van der Waals surface area contributed by atoms with E-state index in [-0.39, 0.29) is 38.2 Å². The summed E-state index contributed by atoms with van der Waals surface area (Å²) < 4.78 is 0. The Balaban J connectivity index is 2.72. The number of rotatable bonds is 5. The number of hydrogen-bond donors (Lipinski definition) is 1. The van der Waals surface area contributed by atoms with Gasteiger partial charge in [0.15, 0.2) is 0 Å². The second-order valence-electron chi connectivity index (χ2n) is 5.22. The molecule has 0 aromatic heterocycles. The van der Waals surface area contributed by atoms with Gasteiger partial charge in [-0.15, -0.1) is 0 Å². The highest BCUT2D eigenvalue weighted by atomic mass is 35.5. The first kappa shape index (κ1) is 19.3. The number of hydrogen-bond acceptors (Lipinski definition) is 7. The Hall–Kier alpha value is -2.98. The predicted molar refractivity (Wildman–Crippen MR) is 95.6 cm³/mol. The average Bonchev–Trinajstić information content (AvgIpc) is 2.52. The number of halogens is 2. The van der Waals surface area contributed by atoms with Gasteiger partial charge in [-0.3, -0.25) is 30.3 Å². The summed E-state index contributed by atoms with van der Waals surface area (Å²) in [5.74, 6) is 0. The summed E-state index contributed by atoms with van der Waals surface area (Å²) in [6.07, 6.45) is 0. The van der Waals surface area contributed by atoms with Crippen LogP contribution in [-0.4, -0.2) is 14.8 Å². The van der Waals surface area contributed by atoms with E-state index in [1.54, 1.807) is 0 Å². The number of nitro benzene ring substituents is 3. The van der Waals surface area contributed by atoms with Crippen LogP contribution in [0, 0.1) is 44.2 Å². The van der Waals surface area contributed by atoms with E-state index < -0.39 is 26.1 Å². The van der Waals surface area contributed by atoms with Crippen LogP contribution in [-0.2, 0) is 0 Å². The predicted octanol–water partition coefficient (Wildman–Crippen LogP) is 5.08. The molecule has 0 aliphatic carbocycles.